The molecule has 0 aliphatic heterocycles. The number of nitrogens with one attached hydrogen (secondary N) is 1. The van der Waals surface area contributed by atoms with E-state index < -0.39 is 0 Å². The normalized spacial score (nSPS) is 10.3. The zero-order valence-corrected chi connectivity index (χ0v) is 9.36. The first-order valence-electron chi connectivity index (χ1n) is 5.68. The van der Waals surface area contributed by atoms with Gasteiger partial charge < -0.3 is 5.32 Å². The third-order valence-corrected chi connectivity index (χ3v) is 2.36. The van der Waals surface area contributed by atoms with Gasteiger partial charge in [0.15, 0.2) is 0 Å². The van der Waals surface area contributed by atoms with Gasteiger partial charge in [-0.1, -0.05) is 45.3 Å². The quantitative estimate of drug-likeness (QED) is 0.426. The molecule has 0 heterocycles. The van der Waals surface area contributed by atoms with E-state index in [4.69, 9.17) is 0 Å². The Kier molecular flexibility index (Phi) is 9.56. The van der Waals surface area contributed by atoms with Gasteiger partial charge in [-0.15, -0.1) is 0 Å². The van der Waals surface area contributed by atoms with Crippen molar-refractivity contribution in [1.29, 1.82) is 0 Å². The molecule has 78 valence electrons. The van der Waals surface area contributed by atoms with Crippen LogP contribution in [0.15, 0.2) is 12.2 Å². The average molecular weight is 183 g/mol. The molecule has 0 fully saturated rings. The Morgan fingerprint density at radius 3 is 2.46 bits per heavy atom. The van der Waals surface area contributed by atoms with E-state index in [1.54, 1.807) is 0 Å². The van der Waals surface area contributed by atoms with Gasteiger partial charge in [-0.3, -0.25) is 0 Å². The molecule has 0 saturated heterocycles. The molecule has 0 radical (unpaired) electrons. The number of hydrogen-bond acceptors (Lipinski definition) is 1. The van der Waals surface area contributed by atoms with Gasteiger partial charge in [0.25, 0.3) is 0 Å². The van der Waals surface area contributed by atoms with Gasteiger partial charge in [0, 0.05) is 0 Å². The van der Waals surface area contributed by atoms with Gasteiger partial charge in [-0.05, 0) is 32.4 Å². The summed E-state index contributed by atoms with van der Waals surface area (Å²) in [6, 6.07) is 0. The van der Waals surface area contributed by atoms with Crippen molar-refractivity contribution in [2.45, 2.75) is 52.4 Å². The highest BCUT2D eigenvalue weighted by Crippen LogP contribution is 2.01. The van der Waals surface area contributed by atoms with Crippen LogP contribution in [0.1, 0.15) is 52.4 Å². The fraction of sp³-hybridized carbons (Fsp3) is 0.833. The summed E-state index contributed by atoms with van der Waals surface area (Å²) in [7, 11) is 0. The van der Waals surface area contributed by atoms with Crippen molar-refractivity contribution in [3.63, 3.8) is 0 Å². The van der Waals surface area contributed by atoms with Crippen LogP contribution in [0.5, 0.6) is 0 Å². The molecular weight excluding hydrogens is 158 g/mol. The molecule has 0 saturated carbocycles. The third kappa shape index (κ3) is 9.62. The van der Waals surface area contributed by atoms with Crippen LogP contribution in [-0.4, -0.2) is 13.1 Å². The summed E-state index contributed by atoms with van der Waals surface area (Å²) < 4.78 is 0. The Morgan fingerprint density at radius 1 is 1.08 bits per heavy atom. The molecule has 0 aromatic heterocycles. The summed E-state index contributed by atoms with van der Waals surface area (Å²) in [5, 5.41) is 3.45. The lowest BCUT2D eigenvalue weighted by atomic mass is 10.1. The van der Waals surface area contributed by atoms with Crippen LogP contribution in [0.4, 0.5) is 0 Å². The first-order valence-corrected chi connectivity index (χ1v) is 5.68. The van der Waals surface area contributed by atoms with Crippen molar-refractivity contribution in [3.8, 4) is 0 Å². The maximum Gasteiger partial charge on any atom is -0.00117 e. The Balaban J connectivity index is 2.95. The summed E-state index contributed by atoms with van der Waals surface area (Å²) in [5.74, 6) is 0. The second kappa shape index (κ2) is 9.79. The minimum atomic E-state index is 1.11. The highest BCUT2D eigenvalue weighted by atomic mass is 14.8. The maximum atomic E-state index is 3.98. The van der Waals surface area contributed by atoms with E-state index in [0.29, 0.717) is 0 Å². The van der Waals surface area contributed by atoms with Crippen LogP contribution in [0, 0.1) is 0 Å². The van der Waals surface area contributed by atoms with Crippen molar-refractivity contribution < 1.29 is 0 Å². The lowest BCUT2D eigenvalue weighted by molar-refractivity contribution is 0.596. The largest absolute Gasteiger partial charge is 0.316 e. The predicted octanol–water partition coefficient (Wildman–Crippen LogP) is 3.51. The van der Waals surface area contributed by atoms with E-state index in [9.17, 15) is 0 Å². The molecule has 0 atom stereocenters. The second-order valence-corrected chi connectivity index (χ2v) is 3.66. The highest BCUT2D eigenvalue weighted by molar-refractivity contribution is 4.92. The van der Waals surface area contributed by atoms with Gasteiger partial charge in [0.1, 0.15) is 0 Å². The molecule has 0 rings (SSSR count). The van der Waals surface area contributed by atoms with Crippen LogP contribution in [0.3, 0.4) is 0 Å². The number of rotatable bonds is 9. The SMILES string of the molecule is C=C(CC)CCNCCCCCC. The van der Waals surface area contributed by atoms with Crippen molar-refractivity contribution >= 4 is 0 Å². The number of hydrogen-bond donors (Lipinski definition) is 1. The molecule has 0 amide bonds. The van der Waals surface area contributed by atoms with Crippen molar-refractivity contribution in [2.24, 2.45) is 0 Å². The van der Waals surface area contributed by atoms with Crippen LogP contribution < -0.4 is 5.32 Å². The van der Waals surface area contributed by atoms with E-state index in [1.807, 2.05) is 0 Å². The smallest absolute Gasteiger partial charge is 0.00117 e. The molecule has 1 nitrogen and oxygen atoms in total. The molecule has 0 spiro atoms. The van der Waals surface area contributed by atoms with Gasteiger partial charge in [0.05, 0.1) is 0 Å². The van der Waals surface area contributed by atoms with Crippen LogP contribution in [-0.2, 0) is 0 Å². The molecule has 13 heavy (non-hydrogen) atoms. The van der Waals surface area contributed by atoms with Gasteiger partial charge in [-0.25, -0.2) is 0 Å². The van der Waals surface area contributed by atoms with Gasteiger partial charge >= 0.3 is 0 Å². The van der Waals surface area contributed by atoms with Crippen molar-refractivity contribution in [3.05, 3.63) is 12.2 Å². The van der Waals surface area contributed by atoms with Gasteiger partial charge in [0.2, 0.25) is 0 Å². The Bertz CT molecular complexity index is 118. The van der Waals surface area contributed by atoms with Crippen molar-refractivity contribution in [1.82, 2.24) is 5.32 Å². The minimum absolute atomic E-state index is 1.11. The van der Waals surface area contributed by atoms with Crippen LogP contribution in [0.2, 0.25) is 0 Å². The van der Waals surface area contributed by atoms with Crippen LogP contribution in [0.25, 0.3) is 0 Å². The number of unbranched alkanes of at least 4 members (excludes halogenated alkanes) is 3. The zero-order valence-electron chi connectivity index (χ0n) is 9.36. The summed E-state index contributed by atoms with van der Waals surface area (Å²) in [5.41, 5.74) is 1.36. The standard InChI is InChI=1S/C12H25N/c1-4-6-7-8-10-13-11-9-12(3)5-2/h13H,3-11H2,1-2H3. The van der Waals surface area contributed by atoms with E-state index >= 15 is 0 Å². The third-order valence-electron chi connectivity index (χ3n) is 2.36. The molecular formula is C12H25N. The van der Waals surface area contributed by atoms with E-state index in [1.165, 1.54) is 37.8 Å². The average Bonchev–Trinajstić information content (AvgIpc) is 2.16. The Hall–Kier alpha value is -0.300. The predicted molar refractivity (Wildman–Crippen MR) is 61.1 cm³/mol. The summed E-state index contributed by atoms with van der Waals surface area (Å²) in [4.78, 5) is 0. The van der Waals surface area contributed by atoms with Crippen LogP contribution >= 0.6 is 0 Å². The van der Waals surface area contributed by atoms with Crippen molar-refractivity contribution in [2.75, 3.05) is 13.1 Å². The summed E-state index contributed by atoms with van der Waals surface area (Å²) in [6.45, 7) is 10.7. The molecule has 1 heteroatoms. The fourth-order valence-corrected chi connectivity index (χ4v) is 1.24. The first kappa shape index (κ1) is 12.7. The Morgan fingerprint density at radius 2 is 1.85 bits per heavy atom. The molecule has 0 aliphatic carbocycles. The fourth-order valence-electron chi connectivity index (χ4n) is 1.24. The Labute approximate surface area is 83.6 Å². The lowest BCUT2D eigenvalue weighted by Crippen LogP contribution is -2.16. The molecule has 1 N–H and O–H groups in total. The van der Waals surface area contributed by atoms with E-state index in [0.717, 1.165) is 19.4 Å². The minimum Gasteiger partial charge on any atom is -0.316 e. The molecule has 0 aliphatic rings. The maximum absolute atomic E-state index is 3.98. The molecule has 0 aromatic carbocycles. The highest BCUT2D eigenvalue weighted by Gasteiger charge is 1.91. The second-order valence-electron chi connectivity index (χ2n) is 3.66. The first-order chi connectivity index (χ1) is 6.31. The summed E-state index contributed by atoms with van der Waals surface area (Å²) >= 11 is 0. The monoisotopic (exact) mass is 183 g/mol. The van der Waals surface area contributed by atoms with E-state index in [2.05, 4.69) is 25.7 Å². The molecule has 0 aromatic rings. The molecule has 0 unspecified atom stereocenters. The lowest BCUT2D eigenvalue weighted by Gasteiger charge is -2.04. The zero-order chi connectivity index (χ0) is 9.94. The topological polar surface area (TPSA) is 12.0 Å². The molecule has 0 bridgehead atoms. The van der Waals surface area contributed by atoms with E-state index in [-0.39, 0.29) is 0 Å². The summed E-state index contributed by atoms with van der Waals surface area (Å²) in [6.07, 6.45) is 7.67. The van der Waals surface area contributed by atoms with Gasteiger partial charge in [-0.2, -0.15) is 0 Å².